The van der Waals surface area contributed by atoms with E-state index in [2.05, 4.69) is 14.9 Å². The summed E-state index contributed by atoms with van der Waals surface area (Å²) in [5.74, 6) is 0.775. The number of ketones is 1. The molecule has 2 heterocycles. The highest BCUT2D eigenvalue weighted by molar-refractivity contribution is 6.30. The van der Waals surface area contributed by atoms with E-state index < -0.39 is 0 Å². The molecule has 1 aliphatic heterocycles. The Morgan fingerprint density at radius 1 is 1.21 bits per heavy atom. The van der Waals surface area contributed by atoms with Gasteiger partial charge in [-0.25, -0.2) is 4.98 Å². The summed E-state index contributed by atoms with van der Waals surface area (Å²) in [6, 6.07) is 15.3. The molecule has 0 fully saturated rings. The van der Waals surface area contributed by atoms with Gasteiger partial charge in [0.05, 0.1) is 17.1 Å². The van der Waals surface area contributed by atoms with E-state index in [0.717, 1.165) is 33.8 Å². The minimum atomic E-state index is -0.246. The van der Waals surface area contributed by atoms with E-state index in [-0.39, 0.29) is 11.8 Å². The number of fused-ring (bicyclic) bond motifs is 3. The zero-order valence-corrected chi connectivity index (χ0v) is 14.1. The number of halogens is 1. The van der Waals surface area contributed by atoms with Crippen molar-refractivity contribution in [2.45, 2.75) is 19.9 Å². The molecule has 1 N–H and O–H groups in total. The molecule has 0 bridgehead atoms. The lowest BCUT2D eigenvalue weighted by Crippen LogP contribution is -2.26. The van der Waals surface area contributed by atoms with Crippen LogP contribution in [0.1, 0.15) is 25.5 Å². The summed E-state index contributed by atoms with van der Waals surface area (Å²) in [6.45, 7) is 3.51. The van der Waals surface area contributed by atoms with Crippen LogP contribution in [0.3, 0.4) is 0 Å². The van der Waals surface area contributed by atoms with Crippen molar-refractivity contribution < 1.29 is 4.79 Å². The smallest absolute Gasteiger partial charge is 0.209 e. The molecular formula is C19H16ClN3O. The van der Waals surface area contributed by atoms with Gasteiger partial charge >= 0.3 is 0 Å². The number of carbonyl (C=O) groups is 1. The molecule has 0 aliphatic carbocycles. The maximum Gasteiger partial charge on any atom is 0.209 e. The second-order valence-electron chi connectivity index (χ2n) is 5.97. The zero-order valence-electron chi connectivity index (χ0n) is 13.4. The Kier molecular flexibility index (Phi) is 3.43. The molecule has 3 aromatic rings. The SMILES string of the molecule is CC(=O)C1=C(C)Nc2nc3ccccc3n2[C@@H]1c1cccc(Cl)c1. The number of imidazole rings is 1. The Bertz CT molecular complexity index is 1000. The second kappa shape index (κ2) is 5.49. The van der Waals surface area contributed by atoms with Gasteiger partial charge in [0, 0.05) is 16.3 Å². The van der Waals surface area contributed by atoms with E-state index in [1.165, 1.54) is 0 Å². The van der Waals surface area contributed by atoms with Crippen LogP contribution < -0.4 is 5.32 Å². The monoisotopic (exact) mass is 337 g/mol. The van der Waals surface area contributed by atoms with Gasteiger partial charge in [0.1, 0.15) is 0 Å². The molecule has 2 aromatic carbocycles. The lowest BCUT2D eigenvalue weighted by Gasteiger charge is -2.30. The van der Waals surface area contributed by atoms with Crippen LogP contribution in [0.2, 0.25) is 5.02 Å². The predicted octanol–water partition coefficient (Wildman–Crippen LogP) is 4.57. The molecule has 120 valence electrons. The van der Waals surface area contributed by atoms with Gasteiger partial charge < -0.3 is 5.32 Å². The summed E-state index contributed by atoms with van der Waals surface area (Å²) in [5.41, 5.74) is 4.40. The first kappa shape index (κ1) is 15.0. The fourth-order valence-corrected chi connectivity index (χ4v) is 3.61. The molecule has 0 unspecified atom stereocenters. The van der Waals surface area contributed by atoms with Gasteiger partial charge in [-0.2, -0.15) is 0 Å². The summed E-state index contributed by atoms with van der Waals surface area (Å²) in [6.07, 6.45) is 0. The summed E-state index contributed by atoms with van der Waals surface area (Å²) in [7, 11) is 0. The van der Waals surface area contributed by atoms with Crippen LogP contribution in [0.5, 0.6) is 0 Å². The van der Waals surface area contributed by atoms with Crippen molar-refractivity contribution in [3.8, 4) is 0 Å². The van der Waals surface area contributed by atoms with Crippen LogP contribution in [0.15, 0.2) is 59.8 Å². The summed E-state index contributed by atoms with van der Waals surface area (Å²) >= 11 is 6.21. The minimum absolute atomic E-state index is 0.0356. The van der Waals surface area contributed by atoms with Crippen LogP contribution in [0, 0.1) is 0 Å². The normalized spacial score (nSPS) is 16.9. The van der Waals surface area contributed by atoms with Crippen molar-refractivity contribution in [2.24, 2.45) is 0 Å². The molecule has 4 rings (SSSR count). The first-order valence-electron chi connectivity index (χ1n) is 7.77. The number of carbonyl (C=O) groups excluding carboxylic acids is 1. The Morgan fingerprint density at radius 3 is 2.75 bits per heavy atom. The number of rotatable bonds is 2. The third-order valence-corrected chi connectivity index (χ3v) is 4.61. The van der Waals surface area contributed by atoms with Crippen LogP contribution in [0.25, 0.3) is 11.0 Å². The van der Waals surface area contributed by atoms with Crippen molar-refractivity contribution in [3.63, 3.8) is 0 Å². The van der Waals surface area contributed by atoms with Crippen molar-refractivity contribution in [2.75, 3.05) is 5.32 Å². The highest BCUT2D eigenvalue weighted by atomic mass is 35.5. The van der Waals surface area contributed by atoms with E-state index >= 15 is 0 Å². The second-order valence-corrected chi connectivity index (χ2v) is 6.41. The number of para-hydroxylation sites is 2. The molecule has 0 radical (unpaired) electrons. The molecule has 5 heteroatoms. The van der Waals surface area contributed by atoms with Gasteiger partial charge in [0.2, 0.25) is 5.95 Å². The molecule has 4 nitrogen and oxygen atoms in total. The number of hydrogen-bond acceptors (Lipinski definition) is 3. The quantitative estimate of drug-likeness (QED) is 0.745. The van der Waals surface area contributed by atoms with Gasteiger partial charge in [-0.15, -0.1) is 0 Å². The Balaban J connectivity index is 2.05. The van der Waals surface area contributed by atoms with Gasteiger partial charge in [-0.05, 0) is 43.7 Å². The van der Waals surface area contributed by atoms with Crippen LogP contribution in [-0.4, -0.2) is 15.3 Å². The Morgan fingerprint density at radius 2 is 2.00 bits per heavy atom. The third kappa shape index (κ3) is 2.22. The van der Waals surface area contributed by atoms with Gasteiger partial charge in [0.15, 0.2) is 5.78 Å². The van der Waals surface area contributed by atoms with E-state index in [1.807, 2.05) is 55.5 Å². The van der Waals surface area contributed by atoms with Crippen LogP contribution in [0.4, 0.5) is 5.95 Å². The summed E-state index contributed by atoms with van der Waals surface area (Å²) in [5, 5.41) is 3.92. The summed E-state index contributed by atoms with van der Waals surface area (Å²) in [4.78, 5) is 17.1. The molecule has 1 atom stereocenters. The third-order valence-electron chi connectivity index (χ3n) is 4.37. The molecular weight excluding hydrogens is 322 g/mol. The van der Waals surface area contributed by atoms with E-state index in [0.29, 0.717) is 5.02 Å². The first-order valence-corrected chi connectivity index (χ1v) is 8.15. The van der Waals surface area contributed by atoms with E-state index in [1.54, 1.807) is 6.92 Å². The highest BCUT2D eigenvalue weighted by Gasteiger charge is 2.32. The highest BCUT2D eigenvalue weighted by Crippen LogP contribution is 2.39. The topological polar surface area (TPSA) is 46.9 Å². The molecule has 1 aromatic heterocycles. The molecule has 0 spiro atoms. The molecule has 0 saturated heterocycles. The number of hydrogen-bond donors (Lipinski definition) is 1. The number of allylic oxidation sites excluding steroid dienone is 2. The summed E-state index contributed by atoms with van der Waals surface area (Å²) < 4.78 is 2.07. The fourth-order valence-electron chi connectivity index (χ4n) is 3.41. The van der Waals surface area contributed by atoms with Crippen molar-refractivity contribution >= 4 is 34.4 Å². The number of nitrogens with zero attached hydrogens (tertiary/aromatic N) is 2. The van der Waals surface area contributed by atoms with Crippen LogP contribution in [-0.2, 0) is 4.79 Å². The standard InChI is InChI=1S/C19H16ClN3O/c1-11-17(12(2)24)18(13-6-5-7-14(20)10-13)23-16-9-4-3-8-15(16)22-19(23)21-11/h3-10,18H,1-2H3,(H,21,22)/t18-/m1/s1. The minimum Gasteiger partial charge on any atom is -0.329 e. The van der Waals surface area contributed by atoms with E-state index in [4.69, 9.17) is 11.6 Å². The number of anilines is 1. The number of benzene rings is 2. The molecule has 24 heavy (non-hydrogen) atoms. The maximum absolute atomic E-state index is 12.4. The predicted molar refractivity (Wildman–Crippen MR) is 96.3 cm³/mol. The first-order chi connectivity index (χ1) is 11.6. The zero-order chi connectivity index (χ0) is 16.8. The average molecular weight is 338 g/mol. The number of Topliss-reactive ketones (excluding diaryl/α,β-unsaturated/α-hetero) is 1. The molecule has 0 saturated carbocycles. The van der Waals surface area contributed by atoms with Crippen molar-refractivity contribution in [1.29, 1.82) is 0 Å². The Hall–Kier alpha value is -2.59. The van der Waals surface area contributed by atoms with Crippen LogP contribution >= 0.6 is 11.6 Å². The van der Waals surface area contributed by atoms with Gasteiger partial charge in [-0.1, -0.05) is 35.9 Å². The van der Waals surface area contributed by atoms with Gasteiger partial charge in [0.25, 0.3) is 0 Å². The largest absolute Gasteiger partial charge is 0.329 e. The maximum atomic E-state index is 12.4. The lowest BCUT2D eigenvalue weighted by atomic mass is 9.92. The van der Waals surface area contributed by atoms with Gasteiger partial charge in [-0.3, -0.25) is 9.36 Å². The van der Waals surface area contributed by atoms with E-state index in [9.17, 15) is 4.79 Å². The molecule has 0 amide bonds. The number of aromatic nitrogens is 2. The van der Waals surface area contributed by atoms with Crippen molar-refractivity contribution in [3.05, 3.63) is 70.4 Å². The molecule has 1 aliphatic rings. The number of nitrogens with one attached hydrogen (secondary N) is 1. The lowest BCUT2D eigenvalue weighted by molar-refractivity contribution is -0.114. The Labute approximate surface area is 144 Å². The van der Waals surface area contributed by atoms with Crippen molar-refractivity contribution in [1.82, 2.24) is 9.55 Å². The fraction of sp³-hybridized carbons (Fsp3) is 0.158. The average Bonchev–Trinajstić information content (AvgIpc) is 2.91.